The molecule has 1 rings (SSSR count). The molecule has 0 bridgehead atoms. The zero-order valence-corrected chi connectivity index (χ0v) is 9.16. The van der Waals surface area contributed by atoms with Gasteiger partial charge in [-0.1, -0.05) is 6.42 Å². The van der Waals surface area contributed by atoms with Crippen LogP contribution >= 0.6 is 0 Å². The van der Waals surface area contributed by atoms with Gasteiger partial charge in [0.05, 0.1) is 25.3 Å². The number of amides is 1. The molecule has 0 saturated carbocycles. The molecule has 1 aliphatic heterocycles. The molecule has 1 saturated heterocycles. The van der Waals surface area contributed by atoms with E-state index in [1.807, 2.05) is 0 Å². The van der Waals surface area contributed by atoms with E-state index >= 15 is 0 Å². The van der Waals surface area contributed by atoms with Gasteiger partial charge in [-0.05, 0) is 19.4 Å². The number of carbonyl (C=O) groups excluding carboxylic acids is 1. The van der Waals surface area contributed by atoms with Crippen LogP contribution in [0, 0.1) is 0 Å². The fourth-order valence-corrected chi connectivity index (χ4v) is 1.72. The largest absolute Gasteiger partial charge is 0.394 e. The van der Waals surface area contributed by atoms with Crippen molar-refractivity contribution in [2.24, 2.45) is 0 Å². The van der Waals surface area contributed by atoms with Gasteiger partial charge in [-0.2, -0.15) is 0 Å². The first-order chi connectivity index (χ1) is 7.27. The number of hydrogen-bond donors (Lipinski definition) is 3. The molecule has 0 aliphatic carbocycles. The molecule has 1 unspecified atom stereocenters. The Bertz CT molecular complexity index is 193. The zero-order chi connectivity index (χ0) is 11.1. The Labute approximate surface area is 90.2 Å². The molecule has 2 atom stereocenters. The van der Waals surface area contributed by atoms with Gasteiger partial charge in [-0.3, -0.25) is 4.79 Å². The van der Waals surface area contributed by atoms with Crippen molar-refractivity contribution in [3.8, 4) is 0 Å². The Morgan fingerprint density at radius 2 is 2.47 bits per heavy atom. The first-order valence-electron chi connectivity index (χ1n) is 5.41. The molecule has 0 aromatic rings. The van der Waals surface area contributed by atoms with E-state index in [9.17, 15) is 4.79 Å². The van der Waals surface area contributed by atoms with E-state index in [0.717, 1.165) is 25.8 Å². The second kappa shape index (κ2) is 6.76. The van der Waals surface area contributed by atoms with Crippen molar-refractivity contribution < 1.29 is 14.6 Å². The van der Waals surface area contributed by atoms with Crippen molar-refractivity contribution in [3.63, 3.8) is 0 Å². The molecule has 5 nitrogen and oxygen atoms in total. The first-order valence-corrected chi connectivity index (χ1v) is 5.41. The molecule has 0 aromatic heterocycles. The van der Waals surface area contributed by atoms with Gasteiger partial charge in [-0.25, -0.2) is 0 Å². The van der Waals surface area contributed by atoms with E-state index in [-0.39, 0.29) is 24.6 Å². The topological polar surface area (TPSA) is 70.6 Å². The Hall–Kier alpha value is -0.650. The molecular formula is C10H20N2O3. The lowest BCUT2D eigenvalue weighted by molar-refractivity contribution is -0.125. The second-order valence-corrected chi connectivity index (χ2v) is 3.85. The van der Waals surface area contributed by atoms with Crippen LogP contribution in [0.25, 0.3) is 0 Å². The molecule has 1 aliphatic rings. The van der Waals surface area contributed by atoms with Gasteiger partial charge in [0.1, 0.15) is 0 Å². The van der Waals surface area contributed by atoms with Crippen LogP contribution in [0.5, 0.6) is 0 Å². The minimum Gasteiger partial charge on any atom is -0.394 e. The Balaban J connectivity index is 2.31. The van der Waals surface area contributed by atoms with Crippen LogP contribution in [-0.4, -0.2) is 50.0 Å². The standard InChI is InChI=1S/C10H20N2O3/c1-15-7-8(6-13)12-10(14)9-4-2-3-5-11-9/h8-9,11,13H,2-7H2,1H3,(H,12,14)/t8?,9-/m0/s1. The number of hydrogen-bond acceptors (Lipinski definition) is 4. The summed E-state index contributed by atoms with van der Waals surface area (Å²) in [5.74, 6) is -0.0363. The highest BCUT2D eigenvalue weighted by Crippen LogP contribution is 2.06. The third-order valence-corrected chi connectivity index (χ3v) is 2.56. The van der Waals surface area contributed by atoms with Gasteiger partial charge in [0, 0.05) is 7.11 Å². The SMILES string of the molecule is COCC(CO)NC(=O)[C@@H]1CCCCN1. The lowest BCUT2D eigenvalue weighted by atomic mass is 10.0. The fourth-order valence-electron chi connectivity index (χ4n) is 1.72. The molecule has 3 N–H and O–H groups in total. The summed E-state index contributed by atoms with van der Waals surface area (Å²) in [6.07, 6.45) is 3.08. The lowest BCUT2D eigenvalue weighted by Gasteiger charge is -2.24. The van der Waals surface area contributed by atoms with E-state index in [4.69, 9.17) is 9.84 Å². The summed E-state index contributed by atoms with van der Waals surface area (Å²) in [5, 5.41) is 14.9. The second-order valence-electron chi connectivity index (χ2n) is 3.85. The average Bonchev–Trinajstić information content (AvgIpc) is 2.29. The summed E-state index contributed by atoms with van der Waals surface area (Å²) in [5.41, 5.74) is 0. The predicted molar refractivity (Wildman–Crippen MR) is 56.5 cm³/mol. The Kier molecular flexibility index (Phi) is 5.60. The van der Waals surface area contributed by atoms with E-state index in [2.05, 4.69) is 10.6 Å². The minimum atomic E-state index is -0.300. The molecule has 5 heteroatoms. The first kappa shape index (κ1) is 12.4. The van der Waals surface area contributed by atoms with Crippen molar-refractivity contribution >= 4 is 5.91 Å². The van der Waals surface area contributed by atoms with Gasteiger partial charge in [0.15, 0.2) is 0 Å². The van der Waals surface area contributed by atoms with Crippen molar-refractivity contribution in [1.29, 1.82) is 0 Å². The maximum absolute atomic E-state index is 11.7. The van der Waals surface area contributed by atoms with Crippen LogP contribution < -0.4 is 10.6 Å². The van der Waals surface area contributed by atoms with Crippen molar-refractivity contribution in [2.75, 3.05) is 26.9 Å². The Morgan fingerprint density at radius 1 is 1.67 bits per heavy atom. The molecular weight excluding hydrogens is 196 g/mol. The van der Waals surface area contributed by atoms with Crippen LogP contribution in [0.2, 0.25) is 0 Å². The summed E-state index contributed by atoms with van der Waals surface area (Å²) in [4.78, 5) is 11.7. The lowest BCUT2D eigenvalue weighted by Crippen LogP contribution is -2.51. The monoisotopic (exact) mass is 216 g/mol. The number of aliphatic hydroxyl groups excluding tert-OH is 1. The molecule has 1 fully saturated rings. The molecule has 1 heterocycles. The van der Waals surface area contributed by atoms with Crippen molar-refractivity contribution in [2.45, 2.75) is 31.3 Å². The third-order valence-electron chi connectivity index (χ3n) is 2.56. The number of nitrogens with one attached hydrogen (secondary N) is 2. The van der Waals surface area contributed by atoms with Gasteiger partial charge < -0.3 is 20.5 Å². The van der Waals surface area contributed by atoms with Gasteiger partial charge in [0.25, 0.3) is 0 Å². The molecule has 15 heavy (non-hydrogen) atoms. The highest BCUT2D eigenvalue weighted by molar-refractivity contribution is 5.82. The quantitative estimate of drug-likeness (QED) is 0.565. The average molecular weight is 216 g/mol. The normalized spacial score (nSPS) is 23.5. The van der Waals surface area contributed by atoms with Gasteiger partial charge in [-0.15, -0.1) is 0 Å². The maximum Gasteiger partial charge on any atom is 0.237 e. The van der Waals surface area contributed by atoms with Crippen LogP contribution in [0.3, 0.4) is 0 Å². The number of carbonyl (C=O) groups is 1. The van der Waals surface area contributed by atoms with Crippen molar-refractivity contribution in [3.05, 3.63) is 0 Å². The molecule has 0 aromatic carbocycles. The summed E-state index contributed by atoms with van der Waals surface area (Å²) in [7, 11) is 1.55. The van der Waals surface area contributed by atoms with Crippen LogP contribution in [0.4, 0.5) is 0 Å². The van der Waals surface area contributed by atoms with Crippen LogP contribution in [0.15, 0.2) is 0 Å². The Morgan fingerprint density at radius 3 is 3.00 bits per heavy atom. The highest BCUT2D eigenvalue weighted by atomic mass is 16.5. The molecule has 0 spiro atoms. The summed E-state index contributed by atoms with van der Waals surface area (Å²) >= 11 is 0. The smallest absolute Gasteiger partial charge is 0.237 e. The van der Waals surface area contributed by atoms with Gasteiger partial charge in [0.2, 0.25) is 5.91 Å². The van der Waals surface area contributed by atoms with Crippen LogP contribution in [0.1, 0.15) is 19.3 Å². The molecule has 1 amide bonds. The van der Waals surface area contributed by atoms with E-state index in [0.29, 0.717) is 6.61 Å². The van der Waals surface area contributed by atoms with E-state index < -0.39 is 0 Å². The summed E-state index contributed by atoms with van der Waals surface area (Å²) in [6, 6.07) is -0.407. The maximum atomic E-state index is 11.7. The number of piperidine rings is 1. The third kappa shape index (κ3) is 4.15. The summed E-state index contributed by atoms with van der Waals surface area (Å²) in [6.45, 7) is 1.15. The number of ether oxygens (including phenoxy) is 1. The summed E-state index contributed by atoms with van der Waals surface area (Å²) < 4.78 is 4.89. The zero-order valence-electron chi connectivity index (χ0n) is 9.16. The number of methoxy groups -OCH3 is 1. The van der Waals surface area contributed by atoms with Gasteiger partial charge >= 0.3 is 0 Å². The van der Waals surface area contributed by atoms with E-state index in [1.165, 1.54) is 0 Å². The van der Waals surface area contributed by atoms with Crippen molar-refractivity contribution in [1.82, 2.24) is 10.6 Å². The highest BCUT2D eigenvalue weighted by Gasteiger charge is 2.22. The predicted octanol–water partition coefficient (Wildman–Crippen LogP) is -0.748. The number of aliphatic hydroxyl groups is 1. The number of rotatable bonds is 5. The fraction of sp³-hybridized carbons (Fsp3) is 0.900. The minimum absolute atomic E-state index is 0.0363. The molecule has 0 radical (unpaired) electrons. The molecule has 88 valence electrons. The van der Waals surface area contributed by atoms with Crippen LogP contribution in [-0.2, 0) is 9.53 Å². The van der Waals surface area contributed by atoms with E-state index in [1.54, 1.807) is 7.11 Å².